The van der Waals surface area contributed by atoms with E-state index in [0.717, 1.165) is 11.3 Å². The highest BCUT2D eigenvalue weighted by atomic mass is 16.2. The van der Waals surface area contributed by atoms with Crippen molar-refractivity contribution in [3.05, 3.63) is 29.8 Å². The number of aldehydes is 1. The van der Waals surface area contributed by atoms with Crippen LogP contribution in [-0.2, 0) is 9.59 Å². The van der Waals surface area contributed by atoms with Crippen LogP contribution in [0.3, 0.4) is 0 Å². The standard InChI is InChI=1S/C12H14N2O3/c1-9(16)14(10(2)17)13(3)12-6-4-11(8-15)5-7-12/h4-8H,1-3H3. The van der Waals surface area contributed by atoms with Crippen molar-refractivity contribution in [1.29, 1.82) is 0 Å². The molecule has 0 unspecified atom stereocenters. The summed E-state index contributed by atoms with van der Waals surface area (Å²) in [7, 11) is 1.61. The van der Waals surface area contributed by atoms with Gasteiger partial charge in [-0.1, -0.05) is 0 Å². The lowest BCUT2D eigenvalue weighted by molar-refractivity contribution is -0.142. The fourth-order valence-corrected chi connectivity index (χ4v) is 1.53. The van der Waals surface area contributed by atoms with Gasteiger partial charge in [-0.25, -0.2) is 0 Å². The molecule has 17 heavy (non-hydrogen) atoms. The Hall–Kier alpha value is -2.17. The Bertz CT molecular complexity index is 426. The zero-order valence-corrected chi connectivity index (χ0v) is 10.0. The van der Waals surface area contributed by atoms with Crippen LogP contribution in [0.2, 0.25) is 0 Å². The lowest BCUT2D eigenvalue weighted by Gasteiger charge is -2.29. The van der Waals surface area contributed by atoms with Crippen molar-refractivity contribution in [3.8, 4) is 0 Å². The van der Waals surface area contributed by atoms with Crippen LogP contribution < -0.4 is 5.01 Å². The minimum absolute atomic E-state index is 0.362. The van der Waals surface area contributed by atoms with E-state index < -0.39 is 0 Å². The molecule has 5 heteroatoms. The van der Waals surface area contributed by atoms with Gasteiger partial charge < -0.3 is 0 Å². The Kier molecular flexibility index (Phi) is 3.98. The average molecular weight is 234 g/mol. The normalized spacial score (nSPS) is 9.59. The van der Waals surface area contributed by atoms with Crippen molar-refractivity contribution < 1.29 is 14.4 Å². The minimum Gasteiger partial charge on any atom is -0.298 e. The molecule has 0 N–H and O–H groups in total. The molecule has 1 aromatic carbocycles. The molecule has 0 spiro atoms. The SMILES string of the molecule is CC(=O)N(C(C)=O)N(C)c1ccc(C=O)cc1. The van der Waals surface area contributed by atoms with Crippen LogP contribution in [0, 0.1) is 0 Å². The number of carbonyl (C=O) groups is 3. The number of carbonyl (C=O) groups excluding carboxylic acids is 3. The highest BCUT2D eigenvalue weighted by Crippen LogP contribution is 2.15. The van der Waals surface area contributed by atoms with Crippen molar-refractivity contribution in [2.75, 3.05) is 12.1 Å². The first-order valence-electron chi connectivity index (χ1n) is 5.07. The van der Waals surface area contributed by atoms with E-state index in [0.29, 0.717) is 11.3 Å². The molecule has 0 aliphatic rings. The van der Waals surface area contributed by atoms with E-state index in [1.165, 1.54) is 18.9 Å². The van der Waals surface area contributed by atoms with Crippen molar-refractivity contribution in [3.63, 3.8) is 0 Å². The second-order valence-corrected chi connectivity index (χ2v) is 3.58. The largest absolute Gasteiger partial charge is 0.298 e. The van der Waals surface area contributed by atoms with Crippen molar-refractivity contribution in [1.82, 2.24) is 5.01 Å². The molecule has 0 fully saturated rings. The van der Waals surface area contributed by atoms with E-state index in [9.17, 15) is 14.4 Å². The van der Waals surface area contributed by atoms with Gasteiger partial charge in [0.05, 0.1) is 5.69 Å². The third-order valence-electron chi connectivity index (χ3n) is 2.30. The number of hydrazine groups is 1. The summed E-state index contributed by atoms with van der Waals surface area (Å²) < 4.78 is 0. The third-order valence-corrected chi connectivity index (χ3v) is 2.30. The number of rotatable bonds is 3. The summed E-state index contributed by atoms with van der Waals surface area (Å²) in [6.07, 6.45) is 0.734. The lowest BCUT2D eigenvalue weighted by atomic mass is 10.2. The Morgan fingerprint density at radius 1 is 1.06 bits per heavy atom. The zero-order valence-electron chi connectivity index (χ0n) is 10.0. The second-order valence-electron chi connectivity index (χ2n) is 3.58. The molecule has 0 radical (unpaired) electrons. The molecule has 0 atom stereocenters. The van der Waals surface area contributed by atoms with Gasteiger partial charge in [-0.15, -0.1) is 0 Å². The quantitative estimate of drug-likeness (QED) is 0.583. The molecule has 0 bridgehead atoms. The maximum absolute atomic E-state index is 11.3. The van der Waals surface area contributed by atoms with Gasteiger partial charge in [0.1, 0.15) is 6.29 Å². The molecule has 0 saturated carbocycles. The molecular weight excluding hydrogens is 220 g/mol. The Morgan fingerprint density at radius 3 is 1.88 bits per heavy atom. The summed E-state index contributed by atoms with van der Waals surface area (Å²) in [6.45, 7) is 2.63. The second kappa shape index (κ2) is 5.25. The van der Waals surface area contributed by atoms with Crippen molar-refractivity contribution in [2.24, 2.45) is 0 Å². The first-order chi connectivity index (χ1) is 7.97. The number of hydrogen-bond acceptors (Lipinski definition) is 4. The van der Waals surface area contributed by atoms with Crippen LogP contribution >= 0.6 is 0 Å². The predicted molar refractivity (Wildman–Crippen MR) is 63.4 cm³/mol. The van der Waals surface area contributed by atoms with Crippen molar-refractivity contribution in [2.45, 2.75) is 13.8 Å². The van der Waals surface area contributed by atoms with Crippen molar-refractivity contribution >= 4 is 23.8 Å². The number of benzene rings is 1. The highest BCUT2D eigenvalue weighted by molar-refractivity contribution is 5.94. The monoisotopic (exact) mass is 234 g/mol. The van der Waals surface area contributed by atoms with Gasteiger partial charge in [-0.05, 0) is 24.3 Å². The van der Waals surface area contributed by atoms with Crippen LogP contribution in [0.4, 0.5) is 5.69 Å². The molecule has 5 nitrogen and oxygen atoms in total. The minimum atomic E-state index is -0.362. The van der Waals surface area contributed by atoms with Crippen LogP contribution in [-0.4, -0.2) is 30.2 Å². The first kappa shape index (κ1) is 12.9. The summed E-state index contributed by atoms with van der Waals surface area (Å²) >= 11 is 0. The highest BCUT2D eigenvalue weighted by Gasteiger charge is 2.19. The third kappa shape index (κ3) is 2.90. The summed E-state index contributed by atoms with van der Waals surface area (Å²) in [5, 5.41) is 2.47. The van der Waals surface area contributed by atoms with E-state index in [4.69, 9.17) is 0 Å². The van der Waals surface area contributed by atoms with E-state index in [2.05, 4.69) is 0 Å². The molecule has 0 heterocycles. The molecule has 2 amide bonds. The summed E-state index contributed by atoms with van der Waals surface area (Å²) in [5.74, 6) is -0.723. The topological polar surface area (TPSA) is 57.7 Å². The van der Waals surface area contributed by atoms with Gasteiger partial charge >= 0.3 is 0 Å². The number of nitrogens with zero attached hydrogens (tertiary/aromatic N) is 2. The molecule has 1 rings (SSSR count). The number of amides is 2. The Morgan fingerprint density at radius 2 is 1.53 bits per heavy atom. The fraction of sp³-hybridized carbons (Fsp3) is 0.250. The van der Waals surface area contributed by atoms with Crippen LogP contribution in [0.25, 0.3) is 0 Å². The van der Waals surface area contributed by atoms with Crippen LogP contribution in [0.1, 0.15) is 24.2 Å². The summed E-state index contributed by atoms with van der Waals surface area (Å²) in [6, 6.07) is 6.58. The molecule has 0 aromatic heterocycles. The van der Waals surface area contributed by atoms with E-state index in [1.54, 1.807) is 31.3 Å². The van der Waals surface area contributed by atoms with E-state index >= 15 is 0 Å². The maximum atomic E-state index is 11.3. The van der Waals surface area contributed by atoms with Gasteiger partial charge in [0.25, 0.3) is 0 Å². The lowest BCUT2D eigenvalue weighted by Crippen LogP contribution is -2.46. The maximum Gasteiger partial charge on any atom is 0.245 e. The fourth-order valence-electron chi connectivity index (χ4n) is 1.53. The number of imide groups is 1. The smallest absolute Gasteiger partial charge is 0.245 e. The summed E-state index contributed by atoms with van der Waals surface area (Å²) in [5.41, 5.74) is 1.19. The predicted octanol–water partition coefficient (Wildman–Crippen LogP) is 1.25. The van der Waals surface area contributed by atoms with Gasteiger partial charge in [-0.2, -0.15) is 5.01 Å². The number of anilines is 1. The van der Waals surface area contributed by atoms with Crippen LogP contribution in [0.15, 0.2) is 24.3 Å². The van der Waals surface area contributed by atoms with Gasteiger partial charge in [0.15, 0.2) is 0 Å². The molecule has 0 saturated heterocycles. The molecule has 90 valence electrons. The Balaban J connectivity index is 3.00. The molecule has 0 aliphatic carbocycles. The average Bonchev–Trinajstić information content (AvgIpc) is 2.28. The Labute approximate surface area is 99.6 Å². The van der Waals surface area contributed by atoms with Gasteiger partial charge in [0.2, 0.25) is 11.8 Å². The summed E-state index contributed by atoms with van der Waals surface area (Å²) in [4.78, 5) is 33.2. The van der Waals surface area contributed by atoms with E-state index in [1.807, 2.05) is 0 Å². The van der Waals surface area contributed by atoms with Gasteiger partial charge in [-0.3, -0.25) is 19.4 Å². The van der Waals surface area contributed by atoms with Gasteiger partial charge in [0, 0.05) is 26.5 Å². The van der Waals surface area contributed by atoms with Crippen LogP contribution in [0.5, 0.6) is 0 Å². The number of hydrogen-bond donors (Lipinski definition) is 0. The molecule has 1 aromatic rings. The van der Waals surface area contributed by atoms with E-state index in [-0.39, 0.29) is 11.8 Å². The molecular formula is C12H14N2O3. The molecule has 0 aliphatic heterocycles. The zero-order chi connectivity index (χ0) is 13.0. The first-order valence-corrected chi connectivity index (χ1v) is 5.07.